The number of ketones is 2. The first-order valence-electron chi connectivity index (χ1n) is 6.16. The SMILES string of the molecule is CC1=C(C)C(=O)C2=C(C[C@@H](C)N[C@@H](C)C2)C1=O. The zero-order valence-electron chi connectivity index (χ0n) is 10.9. The van der Waals surface area contributed by atoms with Crippen molar-refractivity contribution in [3.8, 4) is 0 Å². The van der Waals surface area contributed by atoms with E-state index in [2.05, 4.69) is 19.2 Å². The van der Waals surface area contributed by atoms with Crippen molar-refractivity contribution in [3.05, 3.63) is 22.3 Å². The molecule has 1 aliphatic carbocycles. The highest BCUT2D eigenvalue weighted by atomic mass is 16.1. The van der Waals surface area contributed by atoms with Gasteiger partial charge in [-0.25, -0.2) is 0 Å². The van der Waals surface area contributed by atoms with Crippen LogP contribution >= 0.6 is 0 Å². The molecule has 1 N–H and O–H groups in total. The van der Waals surface area contributed by atoms with E-state index in [1.165, 1.54) is 0 Å². The molecule has 17 heavy (non-hydrogen) atoms. The molecule has 2 aliphatic rings. The molecule has 0 amide bonds. The molecule has 2 atom stereocenters. The Morgan fingerprint density at radius 2 is 1.24 bits per heavy atom. The van der Waals surface area contributed by atoms with Gasteiger partial charge in [0.1, 0.15) is 0 Å². The van der Waals surface area contributed by atoms with Gasteiger partial charge in [0.2, 0.25) is 0 Å². The maximum Gasteiger partial charge on any atom is 0.185 e. The van der Waals surface area contributed by atoms with E-state index in [0.717, 1.165) is 11.1 Å². The molecular weight excluding hydrogens is 214 g/mol. The van der Waals surface area contributed by atoms with Crippen molar-refractivity contribution in [2.75, 3.05) is 0 Å². The monoisotopic (exact) mass is 233 g/mol. The molecule has 0 aromatic heterocycles. The molecule has 0 saturated heterocycles. The summed E-state index contributed by atoms with van der Waals surface area (Å²) < 4.78 is 0. The van der Waals surface area contributed by atoms with Crippen molar-refractivity contribution in [3.63, 3.8) is 0 Å². The van der Waals surface area contributed by atoms with E-state index in [0.29, 0.717) is 24.0 Å². The number of hydrogen-bond acceptors (Lipinski definition) is 3. The van der Waals surface area contributed by atoms with Gasteiger partial charge in [0.15, 0.2) is 11.6 Å². The zero-order valence-corrected chi connectivity index (χ0v) is 10.9. The largest absolute Gasteiger partial charge is 0.311 e. The molecule has 0 fully saturated rings. The van der Waals surface area contributed by atoms with Gasteiger partial charge in [-0.2, -0.15) is 0 Å². The van der Waals surface area contributed by atoms with Crippen molar-refractivity contribution >= 4 is 11.6 Å². The second kappa shape index (κ2) is 4.22. The summed E-state index contributed by atoms with van der Waals surface area (Å²) >= 11 is 0. The van der Waals surface area contributed by atoms with Crippen LogP contribution in [0.2, 0.25) is 0 Å². The Labute approximate surface area is 102 Å². The van der Waals surface area contributed by atoms with E-state index in [4.69, 9.17) is 0 Å². The summed E-state index contributed by atoms with van der Waals surface area (Å²) in [6.45, 7) is 7.63. The fourth-order valence-corrected chi connectivity index (χ4v) is 2.72. The second-order valence-electron chi connectivity index (χ2n) is 5.24. The third kappa shape index (κ3) is 2.00. The molecule has 1 aliphatic heterocycles. The van der Waals surface area contributed by atoms with Crippen LogP contribution in [0.4, 0.5) is 0 Å². The van der Waals surface area contributed by atoms with Crippen LogP contribution in [0.5, 0.6) is 0 Å². The third-order valence-electron chi connectivity index (χ3n) is 3.75. The maximum absolute atomic E-state index is 12.2. The Morgan fingerprint density at radius 1 is 0.882 bits per heavy atom. The first-order valence-corrected chi connectivity index (χ1v) is 6.16. The molecule has 0 bridgehead atoms. The van der Waals surface area contributed by atoms with Crippen molar-refractivity contribution in [1.82, 2.24) is 5.32 Å². The molecular formula is C14H19NO2. The molecule has 92 valence electrons. The number of hydrogen-bond donors (Lipinski definition) is 1. The third-order valence-corrected chi connectivity index (χ3v) is 3.75. The van der Waals surface area contributed by atoms with Gasteiger partial charge in [-0.05, 0) is 40.5 Å². The average molecular weight is 233 g/mol. The lowest BCUT2D eigenvalue weighted by Gasteiger charge is -2.19. The van der Waals surface area contributed by atoms with Crippen molar-refractivity contribution < 1.29 is 9.59 Å². The fourth-order valence-electron chi connectivity index (χ4n) is 2.72. The van der Waals surface area contributed by atoms with E-state index in [1.54, 1.807) is 13.8 Å². The van der Waals surface area contributed by atoms with Crippen molar-refractivity contribution in [2.45, 2.75) is 52.6 Å². The van der Waals surface area contributed by atoms with Gasteiger partial charge in [0.25, 0.3) is 0 Å². The summed E-state index contributed by atoms with van der Waals surface area (Å²) in [5, 5.41) is 3.40. The fraction of sp³-hybridized carbons (Fsp3) is 0.571. The number of rotatable bonds is 0. The number of carbonyl (C=O) groups is 2. The van der Waals surface area contributed by atoms with Crippen LogP contribution in [0, 0.1) is 0 Å². The molecule has 0 radical (unpaired) electrons. The molecule has 0 unspecified atom stereocenters. The van der Waals surface area contributed by atoms with E-state index in [1.807, 2.05) is 0 Å². The van der Waals surface area contributed by atoms with Gasteiger partial charge >= 0.3 is 0 Å². The minimum Gasteiger partial charge on any atom is -0.311 e. The van der Waals surface area contributed by atoms with Gasteiger partial charge in [-0.15, -0.1) is 0 Å². The second-order valence-corrected chi connectivity index (χ2v) is 5.24. The number of nitrogens with one attached hydrogen (secondary N) is 1. The molecule has 0 aromatic carbocycles. The first-order chi connectivity index (χ1) is 7.91. The summed E-state index contributed by atoms with van der Waals surface area (Å²) in [4.78, 5) is 24.4. The Morgan fingerprint density at radius 3 is 1.59 bits per heavy atom. The number of Topliss-reactive ketones (excluding diaryl/α,β-unsaturated/α-hetero) is 2. The van der Waals surface area contributed by atoms with Gasteiger partial charge in [-0.3, -0.25) is 9.59 Å². The summed E-state index contributed by atoms with van der Waals surface area (Å²) in [5.74, 6) is 0.139. The Bertz CT molecular complexity index is 417. The molecule has 1 heterocycles. The standard InChI is InChI=1S/C14H19NO2/c1-7-5-11-12(6-8(2)15-7)14(17)10(4)9(3)13(11)16/h7-8,15H,5-6H2,1-4H3/t7-,8+. The lowest BCUT2D eigenvalue weighted by atomic mass is 9.82. The summed E-state index contributed by atoms with van der Waals surface area (Å²) in [6, 6.07) is 0.501. The predicted octanol–water partition coefficient (Wildman–Crippen LogP) is 1.93. The molecule has 2 rings (SSSR count). The van der Waals surface area contributed by atoms with Crippen LogP contribution in [0.3, 0.4) is 0 Å². The lowest BCUT2D eigenvalue weighted by Crippen LogP contribution is -2.33. The minimum absolute atomic E-state index is 0.0693. The average Bonchev–Trinajstić information content (AvgIpc) is 2.42. The Kier molecular flexibility index (Phi) is 3.04. The van der Waals surface area contributed by atoms with Gasteiger partial charge in [0.05, 0.1) is 0 Å². The Hall–Kier alpha value is -1.22. The van der Waals surface area contributed by atoms with Crippen LogP contribution < -0.4 is 5.32 Å². The maximum atomic E-state index is 12.2. The first kappa shape index (κ1) is 12.2. The predicted molar refractivity (Wildman–Crippen MR) is 66.7 cm³/mol. The van der Waals surface area contributed by atoms with Gasteiger partial charge in [-0.1, -0.05) is 0 Å². The topological polar surface area (TPSA) is 46.2 Å². The lowest BCUT2D eigenvalue weighted by molar-refractivity contribution is -0.116. The summed E-state index contributed by atoms with van der Waals surface area (Å²) in [6.07, 6.45) is 1.32. The molecule has 0 aromatic rings. The zero-order chi connectivity index (χ0) is 12.7. The smallest absolute Gasteiger partial charge is 0.185 e. The van der Waals surface area contributed by atoms with Crippen LogP contribution in [-0.4, -0.2) is 23.7 Å². The summed E-state index contributed by atoms with van der Waals surface area (Å²) in [7, 11) is 0. The highest BCUT2D eigenvalue weighted by Gasteiger charge is 2.33. The van der Waals surface area contributed by atoms with Crippen LogP contribution in [-0.2, 0) is 9.59 Å². The Balaban J connectivity index is 2.48. The van der Waals surface area contributed by atoms with Crippen LogP contribution in [0.1, 0.15) is 40.5 Å². The van der Waals surface area contributed by atoms with E-state index in [-0.39, 0.29) is 23.7 Å². The molecule has 0 spiro atoms. The highest BCUT2D eigenvalue weighted by molar-refractivity contribution is 6.24. The van der Waals surface area contributed by atoms with Crippen molar-refractivity contribution in [2.24, 2.45) is 0 Å². The molecule has 0 saturated carbocycles. The normalized spacial score (nSPS) is 30.6. The molecule has 3 nitrogen and oxygen atoms in total. The van der Waals surface area contributed by atoms with E-state index in [9.17, 15) is 9.59 Å². The van der Waals surface area contributed by atoms with Crippen LogP contribution in [0.15, 0.2) is 22.3 Å². The number of allylic oxidation sites excluding steroid dienone is 2. The highest BCUT2D eigenvalue weighted by Crippen LogP contribution is 2.31. The van der Waals surface area contributed by atoms with Crippen LogP contribution in [0.25, 0.3) is 0 Å². The molecule has 3 heteroatoms. The number of carbonyl (C=O) groups excluding carboxylic acids is 2. The minimum atomic E-state index is 0.0693. The summed E-state index contributed by atoms with van der Waals surface area (Å²) in [5.41, 5.74) is 2.72. The van der Waals surface area contributed by atoms with E-state index >= 15 is 0 Å². The van der Waals surface area contributed by atoms with E-state index < -0.39 is 0 Å². The van der Waals surface area contributed by atoms with Gasteiger partial charge < -0.3 is 5.32 Å². The van der Waals surface area contributed by atoms with Crippen molar-refractivity contribution in [1.29, 1.82) is 0 Å². The van der Waals surface area contributed by atoms with Gasteiger partial charge in [0, 0.05) is 34.4 Å². The quantitative estimate of drug-likeness (QED) is 0.650.